The minimum absolute atomic E-state index is 0.0113. The van der Waals surface area contributed by atoms with E-state index in [9.17, 15) is 19.5 Å². The summed E-state index contributed by atoms with van der Waals surface area (Å²) >= 11 is 0. The van der Waals surface area contributed by atoms with E-state index >= 15 is 0 Å². The highest BCUT2D eigenvalue weighted by molar-refractivity contribution is 6.80. The first kappa shape index (κ1) is 20.7. The molecule has 2 rings (SSSR count). The molecule has 2 heterocycles. The number of aromatic amines is 1. The molecule has 0 saturated carbocycles. The lowest BCUT2D eigenvalue weighted by molar-refractivity contribution is -0.113. The molecule has 1 aliphatic heterocycles. The quantitative estimate of drug-likeness (QED) is 0.441. The van der Waals surface area contributed by atoms with Crippen molar-refractivity contribution in [1.82, 2.24) is 9.55 Å². The van der Waals surface area contributed by atoms with Crippen LogP contribution in [0.2, 0.25) is 0 Å². The summed E-state index contributed by atoms with van der Waals surface area (Å²) in [6.07, 6.45) is 1.16. The van der Waals surface area contributed by atoms with Gasteiger partial charge in [0.25, 0.3) is 5.56 Å². The first-order chi connectivity index (χ1) is 12.3. The minimum atomic E-state index is -2.49. The topological polar surface area (TPSA) is 120 Å². The second-order valence-corrected chi connectivity index (χ2v) is 8.55. The number of aliphatic hydroxyl groups is 1. The highest BCUT2D eigenvalue weighted by atomic mass is 28.3. The van der Waals surface area contributed by atoms with Gasteiger partial charge in [0.15, 0.2) is 5.41 Å². The Morgan fingerprint density at radius 1 is 1.46 bits per heavy atom. The summed E-state index contributed by atoms with van der Waals surface area (Å²) < 4.78 is 18.1. The predicted molar refractivity (Wildman–Crippen MR) is 95.2 cm³/mol. The van der Waals surface area contributed by atoms with Crippen LogP contribution >= 0.6 is 0 Å². The molecule has 2 N–H and O–H groups in total. The third kappa shape index (κ3) is 5.21. The number of ether oxygens (including phenoxy) is 1. The van der Waals surface area contributed by atoms with Gasteiger partial charge in [-0.05, 0) is 20.3 Å². The van der Waals surface area contributed by atoms with Gasteiger partial charge in [0.2, 0.25) is 0 Å². The van der Waals surface area contributed by atoms with Crippen LogP contribution in [0.15, 0.2) is 15.8 Å². The Hall–Kier alpha value is -1.59. The molecule has 0 aromatic carbocycles. The standard InChI is InChI=1S/C16H26N2O7Si/c1-4-5-6-23-26(11(3)19)24-9-13-12(20)7-14(25-13)18-8-10(2)15(21)17-16(18)22/h8,12-14,20,26H,4-7,9H2,1-3H3,(H,17,21,22)/t12-,13+,14+,26?/m0/s1. The summed E-state index contributed by atoms with van der Waals surface area (Å²) in [7, 11) is -2.49. The van der Waals surface area contributed by atoms with Gasteiger partial charge in [0.05, 0.1) is 12.7 Å². The SMILES string of the molecule is CCCCO[SiH](OC[C@H]1O[C@@H](n2cc(C)c(=O)[nH]c2=O)C[C@@H]1O)C(C)=O. The summed E-state index contributed by atoms with van der Waals surface area (Å²) in [4.78, 5) is 37.3. The van der Waals surface area contributed by atoms with E-state index in [-0.39, 0.29) is 18.4 Å². The Labute approximate surface area is 152 Å². The van der Waals surface area contributed by atoms with E-state index < -0.39 is 39.0 Å². The zero-order valence-electron chi connectivity index (χ0n) is 15.3. The van der Waals surface area contributed by atoms with Crippen LogP contribution in [0.25, 0.3) is 0 Å². The van der Waals surface area contributed by atoms with Crippen LogP contribution in [-0.2, 0) is 18.4 Å². The zero-order valence-corrected chi connectivity index (χ0v) is 16.4. The smallest absolute Gasteiger partial charge is 0.392 e. The summed E-state index contributed by atoms with van der Waals surface area (Å²) in [6.45, 7) is 5.52. The van der Waals surface area contributed by atoms with Crippen molar-refractivity contribution >= 4 is 14.7 Å². The second-order valence-electron chi connectivity index (χ2n) is 6.41. The molecular weight excluding hydrogens is 360 g/mol. The van der Waals surface area contributed by atoms with Crippen LogP contribution in [0.5, 0.6) is 0 Å². The Balaban J connectivity index is 1.98. The Bertz CT molecular complexity index is 732. The fourth-order valence-electron chi connectivity index (χ4n) is 2.64. The lowest BCUT2D eigenvalue weighted by Crippen LogP contribution is -2.37. The van der Waals surface area contributed by atoms with Gasteiger partial charge in [-0.2, -0.15) is 0 Å². The molecule has 4 atom stereocenters. The van der Waals surface area contributed by atoms with E-state index in [1.54, 1.807) is 6.92 Å². The summed E-state index contributed by atoms with van der Waals surface area (Å²) in [5.74, 6) is 0. The van der Waals surface area contributed by atoms with Crippen molar-refractivity contribution in [2.75, 3.05) is 13.2 Å². The molecule has 0 radical (unpaired) electrons. The number of unbranched alkanes of at least 4 members (excludes halogenated alkanes) is 1. The zero-order chi connectivity index (χ0) is 19.3. The van der Waals surface area contributed by atoms with E-state index in [1.165, 1.54) is 17.7 Å². The van der Waals surface area contributed by atoms with E-state index in [4.69, 9.17) is 13.6 Å². The predicted octanol–water partition coefficient (Wildman–Crippen LogP) is -0.325. The fourth-order valence-corrected chi connectivity index (χ4v) is 3.95. The van der Waals surface area contributed by atoms with Crippen molar-refractivity contribution in [3.05, 3.63) is 32.6 Å². The first-order valence-corrected chi connectivity index (χ1v) is 10.2. The molecule has 0 aliphatic carbocycles. The maximum absolute atomic E-state index is 12.0. The second kappa shape index (κ2) is 9.37. The molecule has 10 heteroatoms. The molecule has 1 aromatic rings. The van der Waals surface area contributed by atoms with Crippen LogP contribution in [0.4, 0.5) is 0 Å². The van der Waals surface area contributed by atoms with Crippen molar-refractivity contribution in [3.8, 4) is 0 Å². The molecule has 1 unspecified atom stereocenters. The minimum Gasteiger partial charge on any atom is -0.392 e. The van der Waals surface area contributed by atoms with Crippen molar-refractivity contribution in [2.45, 2.75) is 58.5 Å². The van der Waals surface area contributed by atoms with Gasteiger partial charge in [0.1, 0.15) is 12.3 Å². The van der Waals surface area contributed by atoms with Crippen molar-refractivity contribution in [1.29, 1.82) is 0 Å². The van der Waals surface area contributed by atoms with Gasteiger partial charge in [-0.1, -0.05) is 13.3 Å². The molecule has 1 aliphatic rings. The number of aromatic nitrogens is 2. The Morgan fingerprint density at radius 3 is 2.85 bits per heavy atom. The highest BCUT2D eigenvalue weighted by Crippen LogP contribution is 2.27. The normalized spacial score (nSPS) is 23.9. The Morgan fingerprint density at radius 2 is 2.19 bits per heavy atom. The average Bonchev–Trinajstić information content (AvgIpc) is 2.94. The molecule has 26 heavy (non-hydrogen) atoms. The van der Waals surface area contributed by atoms with E-state index in [0.717, 1.165) is 12.8 Å². The van der Waals surface area contributed by atoms with Crippen LogP contribution in [0, 0.1) is 6.92 Å². The van der Waals surface area contributed by atoms with E-state index in [1.807, 2.05) is 6.92 Å². The van der Waals surface area contributed by atoms with E-state index in [2.05, 4.69) is 4.98 Å². The number of hydrogen-bond donors (Lipinski definition) is 2. The molecule has 9 nitrogen and oxygen atoms in total. The first-order valence-electron chi connectivity index (χ1n) is 8.72. The molecule has 0 amide bonds. The lowest BCUT2D eigenvalue weighted by Gasteiger charge is -2.19. The van der Waals surface area contributed by atoms with Crippen LogP contribution in [0.1, 0.15) is 44.9 Å². The van der Waals surface area contributed by atoms with Gasteiger partial charge in [-0.15, -0.1) is 0 Å². The summed E-state index contributed by atoms with van der Waals surface area (Å²) in [5.41, 5.74) is -0.682. The fraction of sp³-hybridized carbons (Fsp3) is 0.688. The molecule has 1 aromatic heterocycles. The highest BCUT2D eigenvalue weighted by Gasteiger charge is 2.36. The molecule has 146 valence electrons. The number of rotatable bonds is 9. The van der Waals surface area contributed by atoms with Gasteiger partial charge >= 0.3 is 15.0 Å². The molecular formula is C16H26N2O7Si. The average molecular weight is 386 g/mol. The number of nitrogens with one attached hydrogen (secondary N) is 1. The third-order valence-electron chi connectivity index (χ3n) is 4.17. The van der Waals surface area contributed by atoms with Gasteiger partial charge in [-0.25, -0.2) is 4.79 Å². The van der Waals surface area contributed by atoms with Crippen molar-refractivity contribution in [2.24, 2.45) is 0 Å². The molecule has 0 bridgehead atoms. The maximum atomic E-state index is 12.0. The van der Waals surface area contributed by atoms with Crippen molar-refractivity contribution in [3.63, 3.8) is 0 Å². The van der Waals surface area contributed by atoms with Crippen LogP contribution < -0.4 is 11.2 Å². The molecule has 0 spiro atoms. The third-order valence-corrected chi connectivity index (χ3v) is 5.87. The van der Waals surface area contributed by atoms with Crippen LogP contribution in [0.3, 0.4) is 0 Å². The number of carbonyl (C=O) groups is 1. The number of carbonyl (C=O) groups excluding carboxylic acids is 1. The number of H-pyrrole nitrogens is 1. The van der Waals surface area contributed by atoms with Gasteiger partial charge in [0, 0.05) is 24.8 Å². The maximum Gasteiger partial charge on any atom is 0.393 e. The number of nitrogens with zero attached hydrogens (tertiary/aromatic N) is 1. The lowest BCUT2D eigenvalue weighted by atomic mass is 10.2. The largest absolute Gasteiger partial charge is 0.393 e. The van der Waals surface area contributed by atoms with Crippen molar-refractivity contribution < 1.29 is 23.5 Å². The van der Waals surface area contributed by atoms with Gasteiger partial charge in [-0.3, -0.25) is 19.1 Å². The number of hydrogen-bond acceptors (Lipinski definition) is 7. The van der Waals surface area contributed by atoms with Crippen LogP contribution in [-0.4, -0.2) is 54.8 Å². The molecule has 1 fully saturated rings. The number of aryl methyl sites for hydroxylation is 1. The summed E-state index contributed by atoms with van der Waals surface area (Å²) in [5, 5.41) is 10.1. The monoisotopic (exact) mass is 386 g/mol. The van der Waals surface area contributed by atoms with Gasteiger partial charge < -0.3 is 18.7 Å². The summed E-state index contributed by atoms with van der Waals surface area (Å²) in [6, 6.07) is 0. The van der Waals surface area contributed by atoms with E-state index in [0.29, 0.717) is 12.2 Å². The molecule has 1 saturated heterocycles. The Kier molecular flexibility index (Phi) is 7.47. The number of aliphatic hydroxyl groups excluding tert-OH is 1.